The topological polar surface area (TPSA) is 92.2 Å². The molecule has 7 nitrogen and oxygen atoms in total. The number of rotatable bonds is 7. The van der Waals surface area contributed by atoms with Crippen molar-refractivity contribution in [3.05, 3.63) is 54.6 Å². The second-order valence-electron chi connectivity index (χ2n) is 5.90. The van der Waals surface area contributed by atoms with E-state index in [9.17, 15) is 9.50 Å². The monoisotopic (exact) mass is 369 g/mol. The van der Waals surface area contributed by atoms with E-state index in [2.05, 4.69) is 25.6 Å². The van der Waals surface area contributed by atoms with Gasteiger partial charge in [0.25, 0.3) is 0 Å². The van der Waals surface area contributed by atoms with E-state index in [0.717, 1.165) is 5.56 Å². The van der Waals surface area contributed by atoms with Gasteiger partial charge in [-0.2, -0.15) is 4.98 Å². The molecule has 3 rings (SSSR count). The van der Waals surface area contributed by atoms with Gasteiger partial charge in [0.1, 0.15) is 5.82 Å². The number of methoxy groups -OCH3 is 1. The van der Waals surface area contributed by atoms with Crippen molar-refractivity contribution < 1.29 is 14.2 Å². The molecule has 0 fully saturated rings. The predicted molar refractivity (Wildman–Crippen MR) is 102 cm³/mol. The molecule has 27 heavy (non-hydrogen) atoms. The number of aromatic nitrogens is 3. The first kappa shape index (κ1) is 18.5. The highest BCUT2D eigenvalue weighted by Crippen LogP contribution is 2.26. The highest BCUT2D eigenvalue weighted by atomic mass is 19.1. The summed E-state index contributed by atoms with van der Waals surface area (Å²) in [7, 11) is 1.41. The minimum Gasteiger partial charge on any atom is -0.494 e. The van der Waals surface area contributed by atoms with E-state index in [1.165, 1.54) is 19.2 Å². The van der Waals surface area contributed by atoms with Crippen LogP contribution in [0, 0.1) is 5.82 Å². The fraction of sp³-hybridized carbons (Fsp3) is 0.211. The number of anilines is 3. The van der Waals surface area contributed by atoms with E-state index in [4.69, 9.17) is 4.74 Å². The molecule has 0 unspecified atom stereocenters. The SMILES string of the molecule is COc1ccc(Nc2cc(-c3ccncc3)nc(N[C@H](C)CO)n2)cc1F. The third kappa shape index (κ3) is 4.68. The summed E-state index contributed by atoms with van der Waals surface area (Å²) < 4.78 is 18.9. The van der Waals surface area contributed by atoms with Gasteiger partial charge in [-0.05, 0) is 31.2 Å². The lowest BCUT2D eigenvalue weighted by atomic mass is 10.2. The summed E-state index contributed by atoms with van der Waals surface area (Å²) in [6, 6.07) is 9.76. The number of pyridine rings is 1. The average molecular weight is 369 g/mol. The van der Waals surface area contributed by atoms with Crippen molar-refractivity contribution in [1.82, 2.24) is 15.0 Å². The van der Waals surface area contributed by atoms with Crippen LogP contribution in [-0.2, 0) is 0 Å². The summed E-state index contributed by atoms with van der Waals surface area (Å²) in [5, 5.41) is 15.4. The maximum absolute atomic E-state index is 13.9. The van der Waals surface area contributed by atoms with Gasteiger partial charge in [-0.25, -0.2) is 9.37 Å². The molecule has 1 atom stereocenters. The Morgan fingerprint density at radius 3 is 2.59 bits per heavy atom. The van der Waals surface area contributed by atoms with Crippen molar-refractivity contribution in [3.8, 4) is 17.0 Å². The number of ether oxygens (including phenoxy) is 1. The van der Waals surface area contributed by atoms with E-state index < -0.39 is 5.82 Å². The van der Waals surface area contributed by atoms with Crippen molar-refractivity contribution in [2.75, 3.05) is 24.4 Å². The molecule has 0 amide bonds. The van der Waals surface area contributed by atoms with Crippen LogP contribution in [0.5, 0.6) is 5.75 Å². The molecule has 140 valence electrons. The van der Waals surface area contributed by atoms with Gasteiger partial charge in [-0.3, -0.25) is 4.98 Å². The molecule has 3 aromatic rings. The minimum absolute atomic E-state index is 0.0602. The van der Waals surface area contributed by atoms with Crippen LogP contribution in [0.15, 0.2) is 48.8 Å². The van der Waals surface area contributed by atoms with E-state index >= 15 is 0 Å². The third-order valence-electron chi connectivity index (χ3n) is 3.78. The fourth-order valence-electron chi connectivity index (χ4n) is 2.40. The van der Waals surface area contributed by atoms with Gasteiger partial charge < -0.3 is 20.5 Å². The van der Waals surface area contributed by atoms with E-state index in [0.29, 0.717) is 23.1 Å². The van der Waals surface area contributed by atoms with Gasteiger partial charge in [0.15, 0.2) is 11.6 Å². The lowest BCUT2D eigenvalue weighted by molar-refractivity contribution is 0.281. The van der Waals surface area contributed by atoms with Gasteiger partial charge in [0, 0.05) is 41.8 Å². The van der Waals surface area contributed by atoms with Crippen LogP contribution in [0.25, 0.3) is 11.3 Å². The lowest BCUT2D eigenvalue weighted by Gasteiger charge is -2.14. The van der Waals surface area contributed by atoms with Crippen LogP contribution in [0.2, 0.25) is 0 Å². The molecule has 2 aromatic heterocycles. The number of hydrogen-bond acceptors (Lipinski definition) is 7. The fourth-order valence-corrected chi connectivity index (χ4v) is 2.40. The summed E-state index contributed by atoms with van der Waals surface area (Å²) in [6.45, 7) is 1.75. The van der Waals surface area contributed by atoms with Gasteiger partial charge in [-0.1, -0.05) is 0 Å². The van der Waals surface area contributed by atoms with Gasteiger partial charge in [0.2, 0.25) is 5.95 Å². The van der Waals surface area contributed by atoms with Crippen molar-refractivity contribution in [3.63, 3.8) is 0 Å². The largest absolute Gasteiger partial charge is 0.494 e. The Morgan fingerprint density at radius 2 is 1.93 bits per heavy atom. The molecule has 0 bridgehead atoms. The second kappa shape index (κ2) is 8.41. The molecular formula is C19H20FN5O2. The van der Waals surface area contributed by atoms with Crippen LogP contribution >= 0.6 is 0 Å². The van der Waals surface area contributed by atoms with Gasteiger partial charge in [-0.15, -0.1) is 0 Å². The third-order valence-corrected chi connectivity index (χ3v) is 3.78. The Morgan fingerprint density at radius 1 is 1.15 bits per heavy atom. The van der Waals surface area contributed by atoms with Crippen LogP contribution in [0.3, 0.4) is 0 Å². The number of nitrogens with zero attached hydrogens (tertiary/aromatic N) is 3. The number of nitrogens with one attached hydrogen (secondary N) is 2. The number of aliphatic hydroxyl groups excluding tert-OH is 1. The molecule has 0 saturated carbocycles. The molecule has 0 saturated heterocycles. The van der Waals surface area contributed by atoms with E-state index in [1.807, 2.05) is 19.1 Å². The first-order valence-electron chi connectivity index (χ1n) is 8.36. The van der Waals surface area contributed by atoms with E-state index in [-0.39, 0.29) is 18.4 Å². The Balaban J connectivity index is 1.95. The molecule has 2 heterocycles. The van der Waals surface area contributed by atoms with Gasteiger partial charge in [0.05, 0.1) is 19.4 Å². The molecule has 0 aliphatic carbocycles. The van der Waals surface area contributed by atoms with Crippen molar-refractivity contribution in [2.24, 2.45) is 0 Å². The standard InChI is InChI=1S/C19H20FN5O2/c1-12(11-26)22-19-24-16(13-5-7-21-8-6-13)10-18(25-19)23-14-3-4-17(27-2)15(20)9-14/h3-10,12,26H,11H2,1-2H3,(H2,22,23,24,25)/t12-/m1/s1. The van der Waals surface area contributed by atoms with Crippen LogP contribution in [0.1, 0.15) is 6.92 Å². The minimum atomic E-state index is -0.474. The maximum Gasteiger partial charge on any atom is 0.225 e. The van der Waals surface area contributed by atoms with E-state index in [1.54, 1.807) is 24.5 Å². The highest BCUT2D eigenvalue weighted by Gasteiger charge is 2.10. The zero-order valence-corrected chi connectivity index (χ0v) is 15.0. The molecule has 3 N–H and O–H groups in total. The zero-order chi connectivity index (χ0) is 19.2. The molecule has 0 aliphatic heterocycles. The molecule has 0 radical (unpaired) electrons. The number of aliphatic hydroxyl groups is 1. The number of hydrogen-bond donors (Lipinski definition) is 3. The zero-order valence-electron chi connectivity index (χ0n) is 15.0. The van der Waals surface area contributed by atoms with Gasteiger partial charge >= 0.3 is 0 Å². The van der Waals surface area contributed by atoms with Crippen LogP contribution in [0.4, 0.5) is 21.8 Å². The quantitative estimate of drug-likeness (QED) is 0.589. The Labute approximate surface area is 156 Å². The molecule has 8 heteroatoms. The smallest absolute Gasteiger partial charge is 0.225 e. The Bertz CT molecular complexity index is 908. The Kier molecular flexibility index (Phi) is 5.77. The predicted octanol–water partition coefficient (Wildman–Crippen LogP) is 3.22. The molecular weight excluding hydrogens is 349 g/mol. The summed E-state index contributed by atoms with van der Waals surface area (Å²) in [5.74, 6) is 0.523. The summed E-state index contributed by atoms with van der Waals surface area (Å²) in [4.78, 5) is 12.9. The molecule has 0 aliphatic rings. The van der Waals surface area contributed by atoms with Crippen molar-refractivity contribution >= 4 is 17.5 Å². The number of halogens is 1. The second-order valence-corrected chi connectivity index (χ2v) is 5.90. The lowest BCUT2D eigenvalue weighted by Crippen LogP contribution is -2.21. The van der Waals surface area contributed by atoms with Crippen molar-refractivity contribution in [2.45, 2.75) is 13.0 Å². The highest BCUT2D eigenvalue weighted by molar-refractivity contribution is 5.67. The van der Waals surface area contributed by atoms with Crippen molar-refractivity contribution in [1.29, 1.82) is 0 Å². The summed E-state index contributed by atoms with van der Waals surface area (Å²) >= 11 is 0. The summed E-state index contributed by atoms with van der Waals surface area (Å²) in [5.41, 5.74) is 2.04. The molecule has 0 spiro atoms. The van der Waals surface area contributed by atoms with Crippen LogP contribution < -0.4 is 15.4 Å². The first-order valence-corrected chi connectivity index (χ1v) is 8.36. The van der Waals surface area contributed by atoms with Crippen LogP contribution in [-0.4, -0.2) is 39.8 Å². The number of benzene rings is 1. The first-order chi connectivity index (χ1) is 13.1. The Hall–Kier alpha value is -3.26. The average Bonchev–Trinajstić information content (AvgIpc) is 2.68. The normalized spacial score (nSPS) is 11.7. The molecule has 1 aromatic carbocycles. The summed E-state index contributed by atoms with van der Waals surface area (Å²) in [6.07, 6.45) is 3.35. The maximum atomic E-state index is 13.9.